The highest BCUT2D eigenvalue weighted by atomic mass is 32.1. The summed E-state index contributed by atoms with van der Waals surface area (Å²) in [5.74, 6) is 0.688. The molecule has 3 aromatic heterocycles. The zero-order chi connectivity index (χ0) is 18.3. The lowest BCUT2D eigenvalue weighted by Crippen LogP contribution is -2.30. The van der Waals surface area contributed by atoms with Gasteiger partial charge in [-0.1, -0.05) is 0 Å². The number of nitrogens with zero attached hydrogens (tertiary/aromatic N) is 3. The third-order valence-corrected chi connectivity index (χ3v) is 6.74. The number of carbonyl (C=O) groups excluding carboxylic acids is 1. The summed E-state index contributed by atoms with van der Waals surface area (Å²) in [6.07, 6.45) is 1.82. The Balaban J connectivity index is 1.51. The Morgan fingerprint density at radius 3 is 2.88 bits per heavy atom. The summed E-state index contributed by atoms with van der Waals surface area (Å²) in [5.41, 5.74) is 1.02. The van der Waals surface area contributed by atoms with Gasteiger partial charge in [0.2, 0.25) is 0 Å². The first-order valence-electron chi connectivity index (χ1n) is 8.06. The summed E-state index contributed by atoms with van der Waals surface area (Å²) in [5, 5.41) is 5.08. The van der Waals surface area contributed by atoms with Crippen LogP contribution in [0, 0.1) is 13.8 Å². The number of benzene rings is 1. The predicted molar refractivity (Wildman–Crippen MR) is 109 cm³/mol. The van der Waals surface area contributed by atoms with Gasteiger partial charge in [-0.25, -0.2) is 9.97 Å². The lowest BCUT2D eigenvalue weighted by atomic mass is 10.2. The maximum Gasteiger partial charge on any atom is 0.260 e. The molecule has 0 atom stereocenters. The molecule has 26 heavy (non-hydrogen) atoms. The highest BCUT2D eigenvalue weighted by molar-refractivity contribution is 7.21. The second-order valence-corrected chi connectivity index (χ2v) is 9.47. The van der Waals surface area contributed by atoms with Gasteiger partial charge in [-0.3, -0.25) is 4.79 Å². The summed E-state index contributed by atoms with van der Waals surface area (Å²) >= 11 is 4.90. The van der Waals surface area contributed by atoms with Gasteiger partial charge < -0.3 is 9.64 Å². The van der Waals surface area contributed by atoms with Gasteiger partial charge in [-0.15, -0.1) is 34.0 Å². The van der Waals surface area contributed by atoms with Crippen molar-refractivity contribution in [2.45, 2.75) is 20.4 Å². The molecule has 4 aromatic rings. The number of carbonyl (C=O) groups is 1. The Bertz CT molecular complexity index is 1100. The van der Waals surface area contributed by atoms with Gasteiger partial charge in [-0.05, 0) is 25.3 Å². The Labute approximate surface area is 162 Å². The van der Waals surface area contributed by atoms with Crippen molar-refractivity contribution in [3.8, 4) is 5.75 Å². The zero-order valence-electron chi connectivity index (χ0n) is 14.6. The predicted octanol–water partition coefficient (Wildman–Crippen LogP) is 4.62. The standard InChI is InChI=1S/C18H17N3O2S3/c1-10-19-7-12(25-10)8-21(3)16(22)9-23-14-6-15-17(20-11(2)26-15)18-13(14)4-5-24-18/h4-7H,8-9H2,1-3H3. The van der Waals surface area contributed by atoms with Gasteiger partial charge in [0, 0.05) is 29.6 Å². The lowest BCUT2D eigenvalue weighted by Gasteiger charge is -2.16. The van der Waals surface area contributed by atoms with Gasteiger partial charge in [0.25, 0.3) is 5.91 Å². The lowest BCUT2D eigenvalue weighted by molar-refractivity contribution is -0.132. The number of likely N-dealkylation sites (N-methyl/N-ethyl adjacent to an activating group) is 1. The molecule has 0 unspecified atom stereocenters. The molecule has 0 saturated carbocycles. The van der Waals surface area contributed by atoms with E-state index in [4.69, 9.17) is 4.74 Å². The van der Waals surface area contributed by atoms with E-state index in [0.29, 0.717) is 6.54 Å². The van der Waals surface area contributed by atoms with Crippen LogP contribution in [0.3, 0.4) is 0 Å². The Kier molecular flexibility index (Phi) is 4.64. The van der Waals surface area contributed by atoms with Crippen molar-refractivity contribution >= 4 is 60.2 Å². The van der Waals surface area contributed by atoms with Crippen LogP contribution >= 0.6 is 34.0 Å². The van der Waals surface area contributed by atoms with Crippen molar-refractivity contribution in [3.05, 3.63) is 38.6 Å². The fourth-order valence-corrected chi connectivity index (χ4v) is 5.44. The van der Waals surface area contributed by atoms with Crippen LogP contribution in [0.1, 0.15) is 14.9 Å². The topological polar surface area (TPSA) is 55.3 Å². The molecule has 0 saturated heterocycles. The van der Waals surface area contributed by atoms with Crippen LogP contribution in [0.2, 0.25) is 0 Å². The van der Waals surface area contributed by atoms with Crippen molar-refractivity contribution in [2.24, 2.45) is 0 Å². The van der Waals surface area contributed by atoms with E-state index in [1.807, 2.05) is 37.6 Å². The number of rotatable bonds is 5. The molecular formula is C18H17N3O2S3. The van der Waals surface area contributed by atoms with E-state index in [0.717, 1.165) is 40.9 Å². The summed E-state index contributed by atoms with van der Waals surface area (Å²) in [4.78, 5) is 24.0. The van der Waals surface area contributed by atoms with Crippen LogP contribution in [0.4, 0.5) is 0 Å². The molecule has 8 heteroatoms. The Morgan fingerprint density at radius 1 is 1.27 bits per heavy atom. The van der Waals surface area contributed by atoms with Crippen LogP contribution in [0.5, 0.6) is 5.75 Å². The second-order valence-electron chi connectivity index (χ2n) is 6.00. The summed E-state index contributed by atoms with van der Waals surface area (Å²) in [6.45, 7) is 4.53. The number of fused-ring (bicyclic) bond motifs is 3. The van der Waals surface area contributed by atoms with Crippen molar-refractivity contribution in [1.82, 2.24) is 14.9 Å². The van der Waals surface area contributed by atoms with E-state index in [-0.39, 0.29) is 12.5 Å². The van der Waals surface area contributed by atoms with E-state index < -0.39 is 0 Å². The molecule has 134 valence electrons. The van der Waals surface area contributed by atoms with Gasteiger partial charge in [0.05, 0.1) is 31.5 Å². The SMILES string of the molecule is Cc1ncc(CN(C)C(=O)COc2cc3sc(C)nc3c3sccc23)s1. The molecule has 0 aliphatic rings. The van der Waals surface area contributed by atoms with E-state index in [1.54, 1.807) is 46.0 Å². The molecule has 1 amide bonds. The number of amides is 1. The van der Waals surface area contributed by atoms with Crippen molar-refractivity contribution in [2.75, 3.05) is 13.7 Å². The number of aryl methyl sites for hydroxylation is 2. The number of thiophene rings is 1. The van der Waals surface area contributed by atoms with Gasteiger partial charge in [0.1, 0.15) is 5.75 Å². The summed E-state index contributed by atoms with van der Waals surface area (Å²) in [7, 11) is 1.79. The Morgan fingerprint density at radius 2 is 2.12 bits per heavy atom. The number of ether oxygens (including phenoxy) is 1. The number of thiazole rings is 2. The van der Waals surface area contributed by atoms with Crippen molar-refractivity contribution in [3.63, 3.8) is 0 Å². The molecule has 0 spiro atoms. The normalized spacial score (nSPS) is 11.3. The highest BCUT2D eigenvalue weighted by Gasteiger charge is 2.15. The molecule has 0 bridgehead atoms. The maximum atomic E-state index is 12.4. The van der Waals surface area contributed by atoms with Gasteiger partial charge in [0.15, 0.2) is 6.61 Å². The first-order valence-corrected chi connectivity index (χ1v) is 10.6. The van der Waals surface area contributed by atoms with E-state index in [2.05, 4.69) is 9.97 Å². The quantitative estimate of drug-likeness (QED) is 0.488. The molecule has 0 N–H and O–H groups in total. The molecule has 4 rings (SSSR count). The highest BCUT2D eigenvalue weighted by Crippen LogP contribution is 2.38. The molecule has 0 aliphatic carbocycles. The molecule has 1 aromatic carbocycles. The monoisotopic (exact) mass is 403 g/mol. The first-order chi connectivity index (χ1) is 12.5. The molecular weight excluding hydrogens is 386 g/mol. The second kappa shape index (κ2) is 6.94. The van der Waals surface area contributed by atoms with Crippen LogP contribution in [0.15, 0.2) is 23.7 Å². The molecule has 5 nitrogen and oxygen atoms in total. The van der Waals surface area contributed by atoms with E-state index in [9.17, 15) is 4.79 Å². The first kappa shape index (κ1) is 17.4. The summed E-state index contributed by atoms with van der Waals surface area (Å²) in [6, 6.07) is 4.02. The van der Waals surface area contributed by atoms with Crippen LogP contribution in [0.25, 0.3) is 20.3 Å². The maximum absolute atomic E-state index is 12.4. The minimum absolute atomic E-state index is 0.0164. The van der Waals surface area contributed by atoms with Crippen molar-refractivity contribution in [1.29, 1.82) is 0 Å². The van der Waals surface area contributed by atoms with Crippen LogP contribution < -0.4 is 4.74 Å². The molecule has 3 heterocycles. The van der Waals surface area contributed by atoms with Crippen LogP contribution in [-0.2, 0) is 11.3 Å². The number of hydrogen-bond donors (Lipinski definition) is 0. The fraction of sp³-hybridized carbons (Fsp3) is 0.278. The largest absolute Gasteiger partial charge is 0.483 e. The van der Waals surface area contributed by atoms with Gasteiger partial charge >= 0.3 is 0 Å². The van der Waals surface area contributed by atoms with E-state index >= 15 is 0 Å². The molecule has 0 radical (unpaired) electrons. The average Bonchev–Trinajstić information content (AvgIpc) is 3.31. The third kappa shape index (κ3) is 3.32. The Hall–Kier alpha value is -2.03. The smallest absolute Gasteiger partial charge is 0.260 e. The van der Waals surface area contributed by atoms with Crippen molar-refractivity contribution < 1.29 is 9.53 Å². The number of aromatic nitrogens is 2. The molecule has 0 aliphatic heterocycles. The number of hydrogen-bond acceptors (Lipinski definition) is 7. The third-order valence-electron chi connectivity index (χ3n) is 4.01. The van der Waals surface area contributed by atoms with Gasteiger partial charge in [-0.2, -0.15) is 0 Å². The zero-order valence-corrected chi connectivity index (χ0v) is 17.1. The fourth-order valence-electron chi connectivity index (χ4n) is 2.76. The summed E-state index contributed by atoms with van der Waals surface area (Å²) < 4.78 is 8.11. The minimum atomic E-state index is -0.0555. The van der Waals surface area contributed by atoms with E-state index in [1.165, 1.54) is 0 Å². The minimum Gasteiger partial charge on any atom is -0.483 e. The van der Waals surface area contributed by atoms with Crippen LogP contribution in [-0.4, -0.2) is 34.4 Å². The average molecular weight is 404 g/mol. The molecule has 0 fully saturated rings.